The average Bonchev–Trinajstić information content (AvgIpc) is 3.50. The van der Waals surface area contributed by atoms with E-state index in [1.807, 2.05) is 0 Å². The molecule has 8 heteroatoms. The van der Waals surface area contributed by atoms with Gasteiger partial charge in [0.25, 0.3) is 0 Å². The van der Waals surface area contributed by atoms with E-state index in [2.05, 4.69) is 4.72 Å². The normalized spacial score (nSPS) is 16.2. The van der Waals surface area contributed by atoms with Gasteiger partial charge in [-0.15, -0.1) is 4.72 Å². The summed E-state index contributed by atoms with van der Waals surface area (Å²) in [6.07, 6.45) is 0.797. The van der Waals surface area contributed by atoms with E-state index in [0.29, 0.717) is 11.1 Å². The lowest BCUT2D eigenvalue weighted by atomic mass is 9.88. The number of carboxylic acids is 1. The van der Waals surface area contributed by atoms with Crippen LogP contribution in [-0.4, -0.2) is 20.4 Å². The first-order valence-corrected chi connectivity index (χ1v) is 11.7. The molecule has 2 N–H and O–H groups in total. The Kier molecular flexibility index (Phi) is 6.98. The van der Waals surface area contributed by atoms with Gasteiger partial charge in [0.2, 0.25) is 0 Å². The number of rotatable bonds is 7. The van der Waals surface area contributed by atoms with Crippen LogP contribution in [0.2, 0.25) is 0 Å². The zero-order chi connectivity index (χ0) is 24.0. The smallest absolute Gasteiger partial charge is 0.305 e. The molecule has 32 heavy (non-hydrogen) atoms. The number of carboxylic acid groups (broad SMARTS) is 1. The highest BCUT2D eigenvalue weighted by molar-refractivity contribution is 7.90. The molecule has 2 atom stereocenters. The van der Waals surface area contributed by atoms with Gasteiger partial charge in [0.05, 0.1) is 12.5 Å². The number of aryl methyl sites for hydroxylation is 1. The first kappa shape index (κ1) is 24.6. The number of benzene rings is 2. The maximum Gasteiger partial charge on any atom is 0.305 e. The van der Waals surface area contributed by atoms with Gasteiger partial charge < -0.3 is 9.66 Å². The van der Waals surface area contributed by atoms with E-state index in [0.717, 1.165) is 12.8 Å². The van der Waals surface area contributed by atoms with Crippen molar-refractivity contribution < 1.29 is 27.6 Å². The van der Waals surface area contributed by atoms with Crippen LogP contribution >= 0.6 is 0 Å². The summed E-state index contributed by atoms with van der Waals surface area (Å²) in [4.78, 5) is 11.5. The summed E-state index contributed by atoms with van der Waals surface area (Å²) < 4.78 is 60.4. The third-order valence-electron chi connectivity index (χ3n) is 5.69. The van der Waals surface area contributed by atoms with Gasteiger partial charge in [0.1, 0.15) is 22.2 Å². The fourth-order valence-corrected chi connectivity index (χ4v) is 4.59. The van der Waals surface area contributed by atoms with E-state index in [1.54, 1.807) is 27.7 Å². The first-order valence-electron chi connectivity index (χ1n) is 10.5. The predicted molar refractivity (Wildman–Crippen MR) is 119 cm³/mol. The molecule has 3 rings (SSSR count). The molecule has 0 saturated heterocycles. The SMILES string of the molecule is Cc1ccc(F)c(C)c1-c1cc(C2CC2)c(F)c([C@H](CC(=O)O)N[S@+]([O-])C(C)(C)C)c1F. The fraction of sp³-hybridized carbons (Fsp3) is 0.458. The Labute approximate surface area is 189 Å². The Balaban J connectivity index is 2.27. The third kappa shape index (κ3) is 4.97. The fourth-order valence-electron chi connectivity index (χ4n) is 3.78. The lowest BCUT2D eigenvalue weighted by Crippen LogP contribution is -2.42. The van der Waals surface area contributed by atoms with Gasteiger partial charge in [0, 0.05) is 22.5 Å². The molecule has 1 saturated carbocycles. The standard InChI is InChI=1S/C24H28F3NO3S/c1-12-6-9-17(25)13(2)20(12)16-10-15(14-7-8-14)22(26)21(23(16)27)18(11-19(29)30)28-32(31)24(3,4)5/h6,9-10,14,18,28H,7-8,11H2,1-5H3,(H,29,30)/t18-,32+/m0/s1. The van der Waals surface area contributed by atoms with Crippen LogP contribution in [-0.2, 0) is 16.2 Å². The quantitative estimate of drug-likeness (QED) is 0.503. The van der Waals surface area contributed by atoms with Gasteiger partial charge in [-0.1, -0.05) is 6.07 Å². The molecular formula is C24H28F3NO3S. The zero-order valence-corrected chi connectivity index (χ0v) is 19.6. The number of nitrogens with one attached hydrogen (secondary N) is 1. The van der Waals surface area contributed by atoms with Crippen molar-refractivity contribution in [1.82, 2.24) is 4.72 Å². The van der Waals surface area contributed by atoms with Gasteiger partial charge in [-0.05, 0) is 87.8 Å². The second-order valence-electron chi connectivity index (χ2n) is 9.34. The maximum absolute atomic E-state index is 15.9. The number of hydrogen-bond donors (Lipinski definition) is 2. The minimum atomic E-state index is -1.77. The summed E-state index contributed by atoms with van der Waals surface area (Å²) in [6, 6.07) is 2.87. The van der Waals surface area contributed by atoms with E-state index in [4.69, 9.17) is 0 Å². The van der Waals surface area contributed by atoms with Crippen LogP contribution in [0.15, 0.2) is 18.2 Å². The van der Waals surface area contributed by atoms with Crippen LogP contribution in [0.5, 0.6) is 0 Å². The average molecular weight is 468 g/mol. The summed E-state index contributed by atoms with van der Waals surface area (Å²) >= 11 is -1.77. The first-order chi connectivity index (χ1) is 14.8. The summed E-state index contributed by atoms with van der Waals surface area (Å²) in [5.41, 5.74) is 0.992. The van der Waals surface area contributed by atoms with Crippen LogP contribution in [0.25, 0.3) is 11.1 Å². The van der Waals surface area contributed by atoms with Crippen LogP contribution in [0, 0.1) is 31.3 Å². The monoisotopic (exact) mass is 467 g/mol. The summed E-state index contributed by atoms with van der Waals surface area (Å²) in [5.74, 6) is -3.71. The second kappa shape index (κ2) is 9.08. The van der Waals surface area contributed by atoms with Gasteiger partial charge in [-0.25, -0.2) is 13.2 Å². The van der Waals surface area contributed by atoms with Crippen molar-refractivity contribution in [3.05, 3.63) is 57.9 Å². The molecule has 0 aliphatic heterocycles. The van der Waals surface area contributed by atoms with Crippen molar-refractivity contribution in [3.63, 3.8) is 0 Å². The van der Waals surface area contributed by atoms with Crippen molar-refractivity contribution in [2.45, 2.75) is 70.6 Å². The van der Waals surface area contributed by atoms with Gasteiger partial charge >= 0.3 is 5.97 Å². The van der Waals surface area contributed by atoms with Gasteiger partial charge in [-0.2, -0.15) is 0 Å². The minimum absolute atomic E-state index is 0.0246. The molecule has 0 radical (unpaired) electrons. The molecule has 1 fully saturated rings. The van der Waals surface area contributed by atoms with Crippen molar-refractivity contribution in [1.29, 1.82) is 0 Å². The van der Waals surface area contributed by atoms with E-state index in [-0.39, 0.29) is 22.6 Å². The molecule has 1 aliphatic rings. The highest BCUT2D eigenvalue weighted by Gasteiger charge is 2.37. The third-order valence-corrected chi connectivity index (χ3v) is 7.30. The molecule has 1 aliphatic carbocycles. The van der Waals surface area contributed by atoms with Gasteiger partial charge in [-0.3, -0.25) is 4.79 Å². The van der Waals surface area contributed by atoms with Crippen LogP contribution in [0.3, 0.4) is 0 Å². The molecule has 0 aromatic heterocycles. The second-order valence-corrected chi connectivity index (χ2v) is 11.3. The van der Waals surface area contributed by atoms with E-state index in [1.165, 1.54) is 25.1 Å². The molecular weight excluding hydrogens is 439 g/mol. The number of halogens is 3. The highest BCUT2D eigenvalue weighted by atomic mass is 32.2. The molecule has 0 bridgehead atoms. The van der Waals surface area contributed by atoms with Crippen molar-refractivity contribution >= 4 is 17.3 Å². The van der Waals surface area contributed by atoms with Crippen molar-refractivity contribution in [2.24, 2.45) is 0 Å². The number of carbonyl (C=O) groups is 1. The molecule has 4 nitrogen and oxygen atoms in total. The number of aliphatic carboxylic acids is 1. The van der Waals surface area contributed by atoms with Crippen molar-refractivity contribution in [3.8, 4) is 11.1 Å². The molecule has 2 aromatic carbocycles. The van der Waals surface area contributed by atoms with Crippen LogP contribution < -0.4 is 4.72 Å². The van der Waals surface area contributed by atoms with E-state index < -0.39 is 57.6 Å². The highest BCUT2D eigenvalue weighted by Crippen LogP contribution is 2.46. The molecule has 0 spiro atoms. The maximum atomic E-state index is 15.9. The lowest BCUT2D eigenvalue weighted by molar-refractivity contribution is -0.137. The Morgan fingerprint density at radius 1 is 1.22 bits per heavy atom. The molecule has 0 amide bonds. The Morgan fingerprint density at radius 3 is 2.38 bits per heavy atom. The predicted octanol–water partition coefficient (Wildman–Crippen LogP) is 5.83. The van der Waals surface area contributed by atoms with Gasteiger partial charge in [0.15, 0.2) is 0 Å². The van der Waals surface area contributed by atoms with Crippen LogP contribution in [0.1, 0.15) is 74.2 Å². The molecule has 0 unspecified atom stereocenters. The van der Waals surface area contributed by atoms with Crippen molar-refractivity contribution in [2.75, 3.05) is 0 Å². The minimum Gasteiger partial charge on any atom is -0.598 e. The van der Waals surface area contributed by atoms with E-state index in [9.17, 15) is 18.8 Å². The lowest BCUT2D eigenvalue weighted by Gasteiger charge is -2.29. The largest absolute Gasteiger partial charge is 0.598 e. The molecule has 0 heterocycles. The Hall–Kier alpha value is -2.03. The summed E-state index contributed by atoms with van der Waals surface area (Å²) in [5, 5.41) is 9.41. The zero-order valence-electron chi connectivity index (χ0n) is 18.8. The Morgan fingerprint density at radius 2 is 1.84 bits per heavy atom. The topological polar surface area (TPSA) is 72.4 Å². The summed E-state index contributed by atoms with van der Waals surface area (Å²) in [6.45, 7) is 8.26. The Bertz CT molecular complexity index is 1050. The number of hydrogen-bond acceptors (Lipinski definition) is 3. The summed E-state index contributed by atoms with van der Waals surface area (Å²) in [7, 11) is 0. The van der Waals surface area contributed by atoms with Crippen LogP contribution in [0.4, 0.5) is 13.2 Å². The molecule has 2 aromatic rings. The molecule has 174 valence electrons. The van der Waals surface area contributed by atoms with E-state index >= 15 is 8.78 Å².